The van der Waals surface area contributed by atoms with Crippen molar-refractivity contribution in [2.75, 3.05) is 31.1 Å². The highest BCUT2D eigenvalue weighted by Crippen LogP contribution is 2.31. The summed E-state index contributed by atoms with van der Waals surface area (Å²) in [6.45, 7) is 15.7. The molecule has 1 unspecified atom stereocenters. The Hall–Kier alpha value is -2.29. The molecule has 0 bridgehead atoms. The second-order valence-corrected chi connectivity index (χ2v) is 10.7. The molecular formula is C22H34ClN5O4. The van der Waals surface area contributed by atoms with E-state index in [9.17, 15) is 9.59 Å². The van der Waals surface area contributed by atoms with E-state index in [1.165, 1.54) is 0 Å². The van der Waals surface area contributed by atoms with Crippen molar-refractivity contribution in [2.24, 2.45) is 0 Å². The van der Waals surface area contributed by atoms with Crippen molar-refractivity contribution in [2.45, 2.75) is 78.7 Å². The summed E-state index contributed by atoms with van der Waals surface area (Å²) in [6.07, 6.45) is -0.0568. The number of nitrogens with zero attached hydrogens (tertiary/aromatic N) is 5. The molecule has 1 atom stereocenters. The van der Waals surface area contributed by atoms with E-state index in [2.05, 4.69) is 21.8 Å². The molecule has 0 aromatic carbocycles. The van der Waals surface area contributed by atoms with Gasteiger partial charge >= 0.3 is 12.2 Å². The van der Waals surface area contributed by atoms with Gasteiger partial charge in [0, 0.05) is 37.8 Å². The number of hydrogen-bond donors (Lipinski definition) is 0. The van der Waals surface area contributed by atoms with Crippen LogP contribution in [0.3, 0.4) is 0 Å². The highest BCUT2D eigenvalue weighted by molar-refractivity contribution is 6.28. The van der Waals surface area contributed by atoms with Crippen LogP contribution in [0.25, 0.3) is 0 Å². The minimum Gasteiger partial charge on any atom is -0.444 e. The van der Waals surface area contributed by atoms with Crippen LogP contribution < -0.4 is 4.90 Å². The maximum atomic E-state index is 12.5. The molecule has 9 nitrogen and oxygen atoms in total. The third-order valence-electron chi connectivity index (χ3n) is 5.22. The zero-order valence-electron chi connectivity index (χ0n) is 20.1. The van der Waals surface area contributed by atoms with Gasteiger partial charge in [0.05, 0.1) is 12.2 Å². The molecule has 3 rings (SSSR count). The third kappa shape index (κ3) is 5.94. The number of halogens is 1. The van der Waals surface area contributed by atoms with Crippen molar-refractivity contribution in [3.63, 3.8) is 0 Å². The normalized spacial score (nSPS) is 19.5. The quantitative estimate of drug-likeness (QED) is 0.579. The number of anilines is 1. The van der Waals surface area contributed by atoms with Crippen molar-refractivity contribution < 1.29 is 19.1 Å². The van der Waals surface area contributed by atoms with E-state index in [1.54, 1.807) is 9.80 Å². The SMILES string of the molecule is CC1CN(C(=O)OC(C)(C)C)CCN1c1nc(Cl)nc2c1CCN(C(=O)OC(C)(C)C)C2. The van der Waals surface area contributed by atoms with Gasteiger partial charge in [-0.25, -0.2) is 19.6 Å². The zero-order chi connectivity index (χ0) is 23.8. The summed E-state index contributed by atoms with van der Waals surface area (Å²) in [5.74, 6) is 0.778. The third-order valence-corrected chi connectivity index (χ3v) is 5.39. The molecule has 3 heterocycles. The number of carbonyl (C=O) groups excluding carboxylic acids is 2. The fourth-order valence-electron chi connectivity index (χ4n) is 3.87. The monoisotopic (exact) mass is 467 g/mol. The van der Waals surface area contributed by atoms with Gasteiger partial charge in [-0.1, -0.05) is 0 Å². The summed E-state index contributed by atoms with van der Waals surface area (Å²) in [7, 11) is 0. The molecule has 32 heavy (non-hydrogen) atoms. The lowest BCUT2D eigenvalue weighted by molar-refractivity contribution is 0.0214. The van der Waals surface area contributed by atoms with Crippen molar-refractivity contribution in [1.29, 1.82) is 0 Å². The van der Waals surface area contributed by atoms with Crippen molar-refractivity contribution >= 4 is 29.6 Å². The summed E-state index contributed by atoms with van der Waals surface area (Å²) in [5, 5.41) is 0.145. The molecule has 0 saturated carbocycles. The molecule has 10 heteroatoms. The van der Waals surface area contributed by atoms with Crippen LogP contribution >= 0.6 is 11.6 Å². The van der Waals surface area contributed by atoms with E-state index in [0.29, 0.717) is 39.1 Å². The summed E-state index contributed by atoms with van der Waals surface area (Å²) in [6, 6.07) is 0.0234. The van der Waals surface area contributed by atoms with Crippen LogP contribution in [-0.2, 0) is 22.4 Å². The first-order chi connectivity index (χ1) is 14.7. The molecule has 2 amide bonds. The number of rotatable bonds is 1. The predicted octanol–water partition coefficient (Wildman–Crippen LogP) is 3.87. The molecule has 0 radical (unpaired) electrons. The summed E-state index contributed by atoms with van der Waals surface area (Å²) < 4.78 is 11.0. The van der Waals surface area contributed by atoms with Crippen LogP contribution in [0.2, 0.25) is 5.28 Å². The Labute approximate surface area is 195 Å². The molecule has 0 spiro atoms. The maximum absolute atomic E-state index is 12.5. The lowest BCUT2D eigenvalue weighted by Crippen LogP contribution is -2.55. The second kappa shape index (κ2) is 8.92. The lowest BCUT2D eigenvalue weighted by Gasteiger charge is -2.42. The Kier molecular flexibility index (Phi) is 6.79. The first kappa shape index (κ1) is 24.4. The van der Waals surface area contributed by atoms with E-state index in [1.807, 2.05) is 41.5 Å². The molecule has 2 aliphatic rings. The Bertz CT molecular complexity index is 880. The minimum absolute atomic E-state index is 0.0234. The predicted molar refractivity (Wildman–Crippen MR) is 122 cm³/mol. The standard InChI is InChI=1S/C22H34ClN5O4/c1-14-12-27(20(30)32-22(5,6)7)10-11-28(14)17-15-8-9-26(19(29)31-21(2,3)4)13-16(15)24-18(23)25-17/h14H,8-13H2,1-7H3. The number of hydrogen-bond acceptors (Lipinski definition) is 7. The van der Waals surface area contributed by atoms with Crippen LogP contribution in [0, 0.1) is 0 Å². The summed E-state index contributed by atoms with van der Waals surface area (Å²) in [5.41, 5.74) is 0.636. The van der Waals surface area contributed by atoms with E-state index in [0.717, 1.165) is 17.1 Å². The molecule has 2 aliphatic heterocycles. The van der Waals surface area contributed by atoms with Crippen molar-refractivity contribution in [3.05, 3.63) is 16.5 Å². The highest BCUT2D eigenvalue weighted by Gasteiger charge is 2.34. The Morgan fingerprint density at radius 1 is 0.938 bits per heavy atom. The van der Waals surface area contributed by atoms with Gasteiger partial charge in [0.1, 0.15) is 17.0 Å². The van der Waals surface area contributed by atoms with Gasteiger partial charge in [-0.05, 0) is 66.5 Å². The fourth-order valence-corrected chi connectivity index (χ4v) is 4.05. The molecule has 0 aliphatic carbocycles. The number of fused-ring (bicyclic) bond motifs is 1. The zero-order valence-corrected chi connectivity index (χ0v) is 20.8. The van der Waals surface area contributed by atoms with Crippen LogP contribution in [0.1, 0.15) is 59.7 Å². The van der Waals surface area contributed by atoms with Crippen LogP contribution in [-0.4, -0.2) is 75.4 Å². The van der Waals surface area contributed by atoms with E-state index >= 15 is 0 Å². The van der Waals surface area contributed by atoms with Gasteiger partial charge in [0.25, 0.3) is 0 Å². The number of ether oxygens (including phenoxy) is 2. The number of aromatic nitrogens is 2. The molecular weight excluding hydrogens is 434 g/mol. The summed E-state index contributed by atoms with van der Waals surface area (Å²) in [4.78, 5) is 39.5. The molecule has 1 aromatic heterocycles. The van der Waals surface area contributed by atoms with Gasteiger partial charge in [-0.15, -0.1) is 0 Å². The van der Waals surface area contributed by atoms with Gasteiger partial charge in [0.2, 0.25) is 5.28 Å². The molecule has 0 N–H and O–H groups in total. The van der Waals surface area contributed by atoms with Crippen LogP contribution in [0.5, 0.6) is 0 Å². The van der Waals surface area contributed by atoms with Crippen LogP contribution in [0.4, 0.5) is 15.4 Å². The minimum atomic E-state index is -0.560. The largest absolute Gasteiger partial charge is 0.444 e. The lowest BCUT2D eigenvalue weighted by atomic mass is 10.0. The molecule has 1 aromatic rings. The van der Waals surface area contributed by atoms with E-state index < -0.39 is 11.2 Å². The van der Waals surface area contributed by atoms with Gasteiger partial charge in [-0.3, -0.25) is 0 Å². The van der Waals surface area contributed by atoms with Crippen molar-refractivity contribution in [3.8, 4) is 0 Å². The van der Waals surface area contributed by atoms with Crippen LogP contribution in [0.15, 0.2) is 0 Å². The average molecular weight is 468 g/mol. The molecule has 1 saturated heterocycles. The first-order valence-corrected chi connectivity index (χ1v) is 11.4. The average Bonchev–Trinajstić information content (AvgIpc) is 2.64. The Balaban J connectivity index is 1.75. The first-order valence-electron chi connectivity index (χ1n) is 11.0. The number of piperazine rings is 1. The van der Waals surface area contributed by atoms with Gasteiger partial charge in [0.15, 0.2) is 0 Å². The molecule has 178 valence electrons. The van der Waals surface area contributed by atoms with Crippen molar-refractivity contribution in [1.82, 2.24) is 19.8 Å². The van der Waals surface area contributed by atoms with Gasteiger partial charge in [-0.2, -0.15) is 0 Å². The Morgan fingerprint density at radius 3 is 2.09 bits per heavy atom. The number of amides is 2. The highest BCUT2D eigenvalue weighted by atomic mass is 35.5. The second-order valence-electron chi connectivity index (χ2n) is 10.4. The van der Waals surface area contributed by atoms with E-state index in [-0.39, 0.29) is 23.5 Å². The number of carbonyl (C=O) groups is 2. The van der Waals surface area contributed by atoms with E-state index in [4.69, 9.17) is 21.1 Å². The smallest absolute Gasteiger partial charge is 0.410 e. The Morgan fingerprint density at radius 2 is 1.53 bits per heavy atom. The topological polar surface area (TPSA) is 88.1 Å². The maximum Gasteiger partial charge on any atom is 0.410 e. The van der Waals surface area contributed by atoms with Gasteiger partial charge < -0.3 is 24.2 Å². The molecule has 1 fully saturated rings. The fraction of sp³-hybridized carbons (Fsp3) is 0.727. The summed E-state index contributed by atoms with van der Waals surface area (Å²) >= 11 is 6.27.